The van der Waals surface area contributed by atoms with Gasteiger partial charge in [-0.1, -0.05) is 12.2 Å². The van der Waals surface area contributed by atoms with Gasteiger partial charge in [0, 0.05) is 0 Å². The Morgan fingerprint density at radius 2 is 2.31 bits per heavy atom. The Kier molecular flexibility index (Phi) is 7.04. The van der Waals surface area contributed by atoms with E-state index in [1.165, 1.54) is 0 Å². The summed E-state index contributed by atoms with van der Waals surface area (Å²) >= 11 is 4.44. The molecule has 0 aromatic rings. The Labute approximate surface area is 82.0 Å². The third-order valence-electron chi connectivity index (χ3n) is 1.37. The van der Waals surface area contributed by atoms with E-state index >= 15 is 0 Å². The molecule has 0 aliphatic carbocycles. The summed E-state index contributed by atoms with van der Waals surface area (Å²) in [6, 6.07) is 0. The van der Waals surface area contributed by atoms with E-state index in [9.17, 15) is 4.79 Å². The molecule has 74 valence electrons. The molecule has 5 nitrogen and oxygen atoms in total. The van der Waals surface area contributed by atoms with Gasteiger partial charge in [0.1, 0.15) is 5.71 Å². The lowest BCUT2D eigenvalue weighted by Crippen LogP contribution is -2.17. The molecule has 0 saturated heterocycles. The Balaban J connectivity index is 3.94. The van der Waals surface area contributed by atoms with Crippen LogP contribution in [-0.2, 0) is 4.79 Å². The van der Waals surface area contributed by atoms with Gasteiger partial charge in [0.25, 0.3) is 0 Å². The van der Waals surface area contributed by atoms with Crippen molar-refractivity contribution in [3.8, 4) is 0 Å². The molecule has 4 N–H and O–H groups in total. The van der Waals surface area contributed by atoms with E-state index in [1.54, 1.807) is 0 Å². The maximum atomic E-state index is 10.5. The van der Waals surface area contributed by atoms with Crippen LogP contribution in [0.3, 0.4) is 0 Å². The van der Waals surface area contributed by atoms with Crippen LogP contribution in [0.15, 0.2) is 5.10 Å². The minimum Gasteiger partial charge on any atom is -0.477 e. The number of thiocarbonyl (C=S) groups is 1. The molecule has 0 atom stereocenters. The highest BCUT2D eigenvalue weighted by atomic mass is 32.1. The second kappa shape index (κ2) is 7.63. The van der Waals surface area contributed by atoms with Crippen LogP contribution < -0.4 is 11.2 Å². The van der Waals surface area contributed by atoms with E-state index in [2.05, 4.69) is 22.7 Å². The number of aliphatic carboxylic acids is 1. The number of carbonyl (C=O) groups is 1. The second-order valence-corrected chi connectivity index (χ2v) is 2.59. The first-order valence-corrected chi connectivity index (χ1v) is 4.38. The average molecular weight is 203 g/mol. The Morgan fingerprint density at radius 1 is 1.62 bits per heavy atom. The molecule has 0 aliphatic heterocycles. The maximum Gasteiger partial charge on any atom is 0.352 e. The summed E-state index contributed by atoms with van der Waals surface area (Å²) in [7, 11) is 0. The van der Waals surface area contributed by atoms with Crippen LogP contribution in [0.25, 0.3) is 0 Å². The van der Waals surface area contributed by atoms with Crippen LogP contribution in [-0.4, -0.2) is 28.8 Å². The standard InChI is InChI=1S/C7H13N3O2S/c8-4-2-1-3-6(7(11)12)10-9-5-13/h5H,1-4,8H2,(H,9,13)(H,11,12). The topological polar surface area (TPSA) is 87.7 Å². The number of rotatable bonds is 7. The number of hydrogen-bond acceptors (Lipinski definition) is 4. The fourth-order valence-corrected chi connectivity index (χ4v) is 0.804. The first-order chi connectivity index (χ1) is 6.22. The van der Waals surface area contributed by atoms with Gasteiger partial charge < -0.3 is 10.8 Å². The minimum atomic E-state index is -1.03. The highest BCUT2D eigenvalue weighted by Gasteiger charge is 2.07. The first kappa shape index (κ1) is 12.0. The Morgan fingerprint density at radius 3 is 2.77 bits per heavy atom. The summed E-state index contributed by atoms with van der Waals surface area (Å²) < 4.78 is 0. The molecule has 0 aromatic heterocycles. The van der Waals surface area contributed by atoms with Crippen molar-refractivity contribution in [2.75, 3.05) is 6.54 Å². The lowest BCUT2D eigenvalue weighted by atomic mass is 10.2. The van der Waals surface area contributed by atoms with Crippen molar-refractivity contribution in [1.29, 1.82) is 0 Å². The summed E-state index contributed by atoms with van der Waals surface area (Å²) in [4.78, 5) is 10.5. The zero-order chi connectivity index (χ0) is 10.1. The third kappa shape index (κ3) is 6.18. The molecule has 0 aliphatic rings. The maximum absolute atomic E-state index is 10.5. The molecule has 0 fully saturated rings. The van der Waals surface area contributed by atoms with Gasteiger partial charge in [0.05, 0.1) is 5.49 Å². The summed E-state index contributed by atoms with van der Waals surface area (Å²) in [5.41, 5.74) is 8.82. The van der Waals surface area contributed by atoms with Crippen LogP contribution >= 0.6 is 12.2 Å². The molecule has 0 heterocycles. The van der Waals surface area contributed by atoms with Crippen LogP contribution in [0.2, 0.25) is 0 Å². The second-order valence-electron chi connectivity index (χ2n) is 2.36. The van der Waals surface area contributed by atoms with Crippen molar-refractivity contribution in [3.63, 3.8) is 0 Å². The molecule has 0 bridgehead atoms. The van der Waals surface area contributed by atoms with E-state index in [4.69, 9.17) is 10.8 Å². The Hall–Kier alpha value is -1.01. The summed E-state index contributed by atoms with van der Waals surface area (Å²) in [5.74, 6) is -1.03. The van der Waals surface area contributed by atoms with Gasteiger partial charge in [-0.2, -0.15) is 5.10 Å². The normalized spacial score (nSPS) is 11.0. The van der Waals surface area contributed by atoms with Gasteiger partial charge >= 0.3 is 5.97 Å². The van der Waals surface area contributed by atoms with E-state index in [0.29, 0.717) is 13.0 Å². The van der Waals surface area contributed by atoms with E-state index in [0.717, 1.165) is 18.3 Å². The lowest BCUT2D eigenvalue weighted by Gasteiger charge is -1.99. The number of nitrogens with one attached hydrogen (secondary N) is 1. The predicted octanol–water partition coefficient (Wildman–Crippen LogP) is 0.103. The van der Waals surface area contributed by atoms with Gasteiger partial charge in [-0.05, 0) is 25.8 Å². The van der Waals surface area contributed by atoms with Crippen LogP contribution in [0, 0.1) is 0 Å². The van der Waals surface area contributed by atoms with Crippen molar-refractivity contribution < 1.29 is 9.90 Å². The van der Waals surface area contributed by atoms with Crippen molar-refractivity contribution in [2.24, 2.45) is 10.8 Å². The molecule has 0 aromatic carbocycles. The van der Waals surface area contributed by atoms with E-state index < -0.39 is 5.97 Å². The molecule has 13 heavy (non-hydrogen) atoms. The van der Waals surface area contributed by atoms with Gasteiger partial charge in [-0.25, -0.2) is 4.79 Å². The first-order valence-electron chi connectivity index (χ1n) is 3.91. The predicted molar refractivity (Wildman–Crippen MR) is 54.8 cm³/mol. The fourth-order valence-electron chi connectivity index (χ4n) is 0.752. The minimum absolute atomic E-state index is 0.0783. The number of hydrazone groups is 1. The Bertz CT molecular complexity index is 206. The van der Waals surface area contributed by atoms with E-state index in [1.807, 2.05) is 0 Å². The molecule has 0 radical (unpaired) electrons. The van der Waals surface area contributed by atoms with Crippen LogP contribution in [0.5, 0.6) is 0 Å². The lowest BCUT2D eigenvalue weighted by molar-refractivity contribution is -0.129. The number of nitrogens with zero attached hydrogens (tertiary/aromatic N) is 1. The number of carboxylic acid groups (broad SMARTS) is 1. The van der Waals surface area contributed by atoms with Crippen LogP contribution in [0.1, 0.15) is 19.3 Å². The highest BCUT2D eigenvalue weighted by Crippen LogP contribution is 1.96. The molecule has 0 rings (SSSR count). The third-order valence-corrected chi connectivity index (χ3v) is 1.47. The number of nitrogens with two attached hydrogens (primary N) is 1. The van der Waals surface area contributed by atoms with E-state index in [-0.39, 0.29) is 5.71 Å². The van der Waals surface area contributed by atoms with Crippen LogP contribution in [0.4, 0.5) is 0 Å². The van der Waals surface area contributed by atoms with Gasteiger partial charge in [-0.3, -0.25) is 5.43 Å². The molecule has 0 unspecified atom stereocenters. The van der Waals surface area contributed by atoms with Crippen molar-refractivity contribution >= 4 is 29.4 Å². The number of unbranched alkanes of at least 4 members (excludes halogenated alkanes) is 1. The zero-order valence-corrected chi connectivity index (χ0v) is 8.01. The van der Waals surface area contributed by atoms with Gasteiger partial charge in [0.2, 0.25) is 0 Å². The molecular weight excluding hydrogens is 190 g/mol. The molecule has 0 spiro atoms. The van der Waals surface area contributed by atoms with Gasteiger partial charge in [0.15, 0.2) is 0 Å². The zero-order valence-electron chi connectivity index (χ0n) is 7.19. The fraction of sp³-hybridized carbons (Fsp3) is 0.571. The SMILES string of the molecule is NCCCCC(=NNC=S)C(=O)O. The monoisotopic (exact) mass is 203 g/mol. The summed E-state index contributed by atoms with van der Waals surface area (Å²) in [6.45, 7) is 0.563. The molecule has 6 heteroatoms. The van der Waals surface area contributed by atoms with Crippen molar-refractivity contribution in [3.05, 3.63) is 0 Å². The van der Waals surface area contributed by atoms with Crippen molar-refractivity contribution in [2.45, 2.75) is 19.3 Å². The molecule has 0 amide bonds. The molecule has 0 saturated carbocycles. The quantitative estimate of drug-likeness (QED) is 0.236. The number of carboxylic acids is 1. The van der Waals surface area contributed by atoms with Crippen molar-refractivity contribution in [1.82, 2.24) is 5.43 Å². The number of hydrogen-bond donors (Lipinski definition) is 3. The smallest absolute Gasteiger partial charge is 0.352 e. The average Bonchev–Trinajstić information content (AvgIpc) is 2.10. The van der Waals surface area contributed by atoms with Gasteiger partial charge in [-0.15, -0.1) is 0 Å². The summed E-state index contributed by atoms with van der Waals surface area (Å²) in [6.07, 6.45) is 1.92. The highest BCUT2D eigenvalue weighted by molar-refractivity contribution is 7.78. The summed E-state index contributed by atoms with van der Waals surface area (Å²) in [5, 5.41) is 12.2. The largest absolute Gasteiger partial charge is 0.477 e. The molecular formula is C7H13N3O2S.